The molecule has 0 aliphatic carbocycles. The first kappa shape index (κ1) is 19.1. The van der Waals surface area contributed by atoms with Crippen molar-refractivity contribution in [2.75, 3.05) is 7.11 Å². The van der Waals surface area contributed by atoms with E-state index >= 15 is 0 Å². The number of hydrogen-bond donors (Lipinski definition) is 1. The fourth-order valence-electron chi connectivity index (χ4n) is 3.03. The predicted octanol–water partition coefficient (Wildman–Crippen LogP) is 4.91. The summed E-state index contributed by atoms with van der Waals surface area (Å²) in [5.74, 6) is -0.380. The molecule has 0 aliphatic rings. The van der Waals surface area contributed by atoms with Crippen LogP contribution in [-0.2, 0) is 5.60 Å². The number of ether oxygens (including phenoxy) is 1. The molecule has 138 valence electrons. The van der Waals surface area contributed by atoms with Crippen molar-refractivity contribution >= 4 is 17.4 Å². The molecular formula is C22H18ClFO3. The average molecular weight is 385 g/mol. The molecule has 0 amide bonds. The maximum Gasteiger partial charge on any atom is 0.203 e. The Morgan fingerprint density at radius 3 is 2.07 bits per heavy atom. The van der Waals surface area contributed by atoms with Gasteiger partial charge in [0.2, 0.25) is 5.78 Å². The highest BCUT2D eigenvalue weighted by Crippen LogP contribution is 2.35. The van der Waals surface area contributed by atoms with Gasteiger partial charge in [-0.05, 0) is 66.1 Å². The van der Waals surface area contributed by atoms with Gasteiger partial charge in [-0.2, -0.15) is 0 Å². The molecule has 5 heteroatoms. The molecule has 0 aromatic heterocycles. The predicted molar refractivity (Wildman–Crippen MR) is 103 cm³/mol. The Morgan fingerprint density at radius 1 is 1.00 bits per heavy atom. The molecule has 3 aromatic carbocycles. The van der Waals surface area contributed by atoms with Crippen LogP contribution in [0.1, 0.15) is 27.0 Å². The van der Waals surface area contributed by atoms with E-state index in [2.05, 4.69) is 0 Å². The van der Waals surface area contributed by atoms with E-state index in [0.29, 0.717) is 27.5 Å². The lowest BCUT2D eigenvalue weighted by atomic mass is 9.79. The molecule has 3 nitrogen and oxygen atoms in total. The first-order valence-corrected chi connectivity index (χ1v) is 8.68. The minimum absolute atomic E-state index is 0.272. The van der Waals surface area contributed by atoms with E-state index in [1.54, 1.807) is 49.4 Å². The molecule has 0 bridgehead atoms. The van der Waals surface area contributed by atoms with E-state index in [9.17, 15) is 14.3 Å². The highest BCUT2D eigenvalue weighted by molar-refractivity contribution is 6.30. The number of ketones is 1. The lowest BCUT2D eigenvalue weighted by molar-refractivity contribution is 0.0486. The second-order valence-corrected chi connectivity index (χ2v) is 6.67. The number of rotatable bonds is 5. The van der Waals surface area contributed by atoms with Gasteiger partial charge in [0.05, 0.1) is 7.11 Å². The van der Waals surface area contributed by atoms with E-state index < -0.39 is 17.2 Å². The van der Waals surface area contributed by atoms with Crippen LogP contribution >= 0.6 is 11.6 Å². The Bertz CT molecular complexity index is 968. The Kier molecular flexibility index (Phi) is 5.31. The standard InChI is InChI=1S/C22H18ClFO3/c1-14-13-17(23)7-12-20(14)21(25)22(26,15-3-8-18(24)9-4-15)16-5-10-19(27-2)11-6-16/h3-13,26H,1-2H3. The van der Waals surface area contributed by atoms with Crippen molar-refractivity contribution in [3.8, 4) is 5.75 Å². The van der Waals surface area contributed by atoms with Crippen molar-refractivity contribution in [1.29, 1.82) is 0 Å². The number of benzene rings is 3. The smallest absolute Gasteiger partial charge is 0.203 e. The highest BCUT2D eigenvalue weighted by Gasteiger charge is 2.41. The normalized spacial score (nSPS) is 13.1. The maximum atomic E-state index is 13.4. The van der Waals surface area contributed by atoms with E-state index in [1.807, 2.05) is 0 Å². The van der Waals surface area contributed by atoms with Crippen LogP contribution in [0.5, 0.6) is 5.75 Å². The molecule has 0 heterocycles. The monoisotopic (exact) mass is 384 g/mol. The Morgan fingerprint density at radius 2 is 1.56 bits per heavy atom. The molecule has 0 saturated heterocycles. The molecule has 0 aliphatic heterocycles. The largest absolute Gasteiger partial charge is 0.497 e. The number of hydrogen-bond acceptors (Lipinski definition) is 3. The van der Waals surface area contributed by atoms with Crippen LogP contribution in [0.3, 0.4) is 0 Å². The number of carbonyl (C=O) groups is 1. The zero-order valence-corrected chi connectivity index (χ0v) is 15.6. The summed E-state index contributed by atoms with van der Waals surface area (Å²) in [6.07, 6.45) is 0. The average Bonchev–Trinajstić information content (AvgIpc) is 2.67. The fraction of sp³-hybridized carbons (Fsp3) is 0.136. The topological polar surface area (TPSA) is 46.5 Å². The molecule has 3 aromatic rings. The van der Waals surface area contributed by atoms with Gasteiger partial charge in [0.15, 0.2) is 5.60 Å². The van der Waals surface area contributed by atoms with Gasteiger partial charge in [-0.3, -0.25) is 4.79 Å². The zero-order chi connectivity index (χ0) is 19.6. The second kappa shape index (κ2) is 7.51. The van der Waals surface area contributed by atoms with Crippen LogP contribution in [0, 0.1) is 12.7 Å². The van der Waals surface area contributed by atoms with Crippen molar-refractivity contribution < 1.29 is 19.0 Å². The summed E-state index contributed by atoms with van der Waals surface area (Å²) in [4.78, 5) is 13.4. The Balaban J connectivity index is 2.19. The molecule has 0 radical (unpaired) electrons. The van der Waals surface area contributed by atoms with Gasteiger partial charge in [-0.15, -0.1) is 0 Å². The minimum atomic E-state index is -1.99. The zero-order valence-electron chi connectivity index (χ0n) is 14.9. The molecule has 0 fully saturated rings. The van der Waals surface area contributed by atoms with E-state index in [4.69, 9.17) is 16.3 Å². The molecule has 0 saturated carbocycles. The fourth-order valence-corrected chi connectivity index (χ4v) is 3.26. The summed E-state index contributed by atoms with van der Waals surface area (Å²) < 4.78 is 18.6. The van der Waals surface area contributed by atoms with Gasteiger partial charge in [0.1, 0.15) is 11.6 Å². The Labute approximate surface area is 162 Å². The first-order chi connectivity index (χ1) is 12.9. The SMILES string of the molecule is COc1ccc(C(O)(C(=O)c2ccc(Cl)cc2C)c2ccc(F)cc2)cc1. The van der Waals surface area contributed by atoms with Crippen LogP contribution in [0.15, 0.2) is 66.7 Å². The quantitative estimate of drug-likeness (QED) is 0.635. The summed E-state index contributed by atoms with van der Waals surface area (Å²) in [6, 6.07) is 16.6. The summed E-state index contributed by atoms with van der Waals surface area (Å²) in [5, 5.41) is 12.1. The second-order valence-electron chi connectivity index (χ2n) is 6.23. The van der Waals surface area contributed by atoms with Crippen LogP contribution in [0.4, 0.5) is 4.39 Å². The van der Waals surface area contributed by atoms with Crippen molar-refractivity contribution in [3.05, 3.63) is 99.8 Å². The van der Waals surface area contributed by atoms with Crippen molar-refractivity contribution in [1.82, 2.24) is 0 Å². The summed E-state index contributed by atoms with van der Waals surface area (Å²) in [6.45, 7) is 1.75. The summed E-state index contributed by atoms with van der Waals surface area (Å²) in [5.41, 5.74) is -0.385. The third-order valence-corrected chi connectivity index (χ3v) is 4.77. The number of aryl methyl sites for hydroxylation is 1. The number of aliphatic hydroxyl groups is 1. The number of halogens is 2. The van der Waals surface area contributed by atoms with Crippen molar-refractivity contribution in [2.24, 2.45) is 0 Å². The molecule has 27 heavy (non-hydrogen) atoms. The van der Waals surface area contributed by atoms with Gasteiger partial charge >= 0.3 is 0 Å². The minimum Gasteiger partial charge on any atom is -0.497 e. The third kappa shape index (κ3) is 3.59. The summed E-state index contributed by atoms with van der Waals surface area (Å²) in [7, 11) is 1.53. The number of methoxy groups -OCH3 is 1. The highest BCUT2D eigenvalue weighted by atomic mass is 35.5. The van der Waals surface area contributed by atoms with Gasteiger partial charge in [-0.25, -0.2) is 4.39 Å². The number of Topliss-reactive ketones (excluding diaryl/α,β-unsaturated/α-hetero) is 1. The maximum absolute atomic E-state index is 13.4. The van der Waals surface area contributed by atoms with Gasteiger partial charge in [-0.1, -0.05) is 35.9 Å². The van der Waals surface area contributed by atoms with Crippen LogP contribution in [0.2, 0.25) is 5.02 Å². The van der Waals surface area contributed by atoms with Crippen LogP contribution in [0.25, 0.3) is 0 Å². The molecule has 3 rings (SSSR count). The van der Waals surface area contributed by atoms with Crippen LogP contribution < -0.4 is 4.74 Å². The molecule has 0 spiro atoms. The molecule has 1 atom stereocenters. The van der Waals surface area contributed by atoms with Gasteiger partial charge in [0.25, 0.3) is 0 Å². The molecular weight excluding hydrogens is 367 g/mol. The molecule has 1 N–H and O–H groups in total. The van der Waals surface area contributed by atoms with E-state index in [1.165, 1.54) is 31.4 Å². The first-order valence-electron chi connectivity index (χ1n) is 8.30. The van der Waals surface area contributed by atoms with Gasteiger partial charge < -0.3 is 9.84 Å². The lowest BCUT2D eigenvalue weighted by Crippen LogP contribution is -2.37. The van der Waals surface area contributed by atoms with Gasteiger partial charge in [0, 0.05) is 10.6 Å². The van der Waals surface area contributed by atoms with E-state index in [-0.39, 0.29) is 5.56 Å². The lowest BCUT2D eigenvalue weighted by Gasteiger charge is -2.29. The summed E-state index contributed by atoms with van der Waals surface area (Å²) >= 11 is 5.99. The third-order valence-electron chi connectivity index (χ3n) is 4.53. The Hall–Kier alpha value is -2.69. The van der Waals surface area contributed by atoms with E-state index in [0.717, 1.165) is 0 Å². The number of carbonyl (C=O) groups excluding carboxylic acids is 1. The van der Waals surface area contributed by atoms with Crippen molar-refractivity contribution in [3.63, 3.8) is 0 Å². The molecule has 1 unspecified atom stereocenters. The van der Waals surface area contributed by atoms with Crippen LogP contribution in [-0.4, -0.2) is 18.0 Å². The van der Waals surface area contributed by atoms with Crippen molar-refractivity contribution in [2.45, 2.75) is 12.5 Å².